The first-order chi connectivity index (χ1) is 10.2. The zero-order valence-corrected chi connectivity index (χ0v) is 12.1. The van der Waals surface area contributed by atoms with E-state index in [1.807, 2.05) is 0 Å². The number of piperidine rings is 1. The third kappa shape index (κ3) is 3.67. The lowest BCUT2D eigenvalue weighted by molar-refractivity contribution is -0.385. The molecule has 0 amide bonds. The van der Waals surface area contributed by atoms with E-state index in [1.165, 1.54) is 6.07 Å². The molecule has 1 N–H and O–H groups in total. The van der Waals surface area contributed by atoms with E-state index in [1.54, 1.807) is 12.1 Å². The summed E-state index contributed by atoms with van der Waals surface area (Å²) < 4.78 is 0. The summed E-state index contributed by atoms with van der Waals surface area (Å²) in [6.07, 6.45) is 2.13. The van der Waals surface area contributed by atoms with Gasteiger partial charge in [-0.05, 0) is 37.9 Å². The van der Waals surface area contributed by atoms with Crippen LogP contribution in [0.2, 0.25) is 0 Å². The van der Waals surface area contributed by atoms with Crippen LogP contribution in [-0.4, -0.2) is 36.1 Å². The highest BCUT2D eigenvalue weighted by atomic mass is 16.6. The molecule has 1 fully saturated rings. The molecule has 0 bridgehead atoms. The van der Waals surface area contributed by atoms with Crippen molar-refractivity contribution in [2.75, 3.05) is 31.1 Å². The van der Waals surface area contributed by atoms with Crippen molar-refractivity contribution in [1.82, 2.24) is 10.3 Å². The average molecular weight is 289 g/mol. The van der Waals surface area contributed by atoms with Crippen LogP contribution >= 0.6 is 0 Å². The fraction of sp³-hybridized carbons (Fsp3) is 0.571. The Bertz CT molecular complexity index is 547. The van der Waals surface area contributed by atoms with Gasteiger partial charge in [-0.1, -0.05) is 6.92 Å². The standard InChI is InChI=1S/C14H19N5O2/c1-2-16-10-11-5-7-18(8-6-11)14-4-3-13(19(20)21)12(9-15)17-14/h3-4,11,16H,2,5-8,10H2,1H3. The van der Waals surface area contributed by atoms with Gasteiger partial charge in [0.15, 0.2) is 0 Å². The Morgan fingerprint density at radius 1 is 1.52 bits per heavy atom. The number of nitro groups is 1. The van der Waals surface area contributed by atoms with E-state index < -0.39 is 4.92 Å². The summed E-state index contributed by atoms with van der Waals surface area (Å²) in [6.45, 7) is 5.84. The van der Waals surface area contributed by atoms with Gasteiger partial charge >= 0.3 is 5.69 Å². The Balaban J connectivity index is 2.04. The second-order valence-electron chi connectivity index (χ2n) is 5.14. The van der Waals surface area contributed by atoms with Gasteiger partial charge in [0.1, 0.15) is 11.9 Å². The monoisotopic (exact) mass is 289 g/mol. The fourth-order valence-corrected chi connectivity index (χ4v) is 2.56. The minimum absolute atomic E-state index is 0.118. The van der Waals surface area contributed by atoms with E-state index in [0.717, 1.165) is 39.0 Å². The van der Waals surface area contributed by atoms with Gasteiger partial charge in [0.25, 0.3) is 0 Å². The van der Waals surface area contributed by atoms with Gasteiger partial charge in [-0.2, -0.15) is 5.26 Å². The minimum atomic E-state index is -0.571. The van der Waals surface area contributed by atoms with Crippen molar-refractivity contribution in [2.24, 2.45) is 5.92 Å². The number of nitriles is 1. The summed E-state index contributed by atoms with van der Waals surface area (Å²) in [5, 5.41) is 23.1. The Labute approximate surface area is 123 Å². The quantitative estimate of drug-likeness (QED) is 0.654. The molecule has 0 unspecified atom stereocenters. The largest absolute Gasteiger partial charge is 0.357 e. The normalized spacial score (nSPS) is 15.7. The molecule has 0 saturated carbocycles. The number of rotatable bonds is 5. The Morgan fingerprint density at radius 2 is 2.24 bits per heavy atom. The van der Waals surface area contributed by atoms with E-state index in [-0.39, 0.29) is 11.4 Å². The van der Waals surface area contributed by atoms with Gasteiger partial charge in [-0.3, -0.25) is 10.1 Å². The summed E-state index contributed by atoms with van der Waals surface area (Å²) in [6, 6.07) is 4.80. The van der Waals surface area contributed by atoms with Gasteiger partial charge in [-0.15, -0.1) is 0 Å². The Hall–Kier alpha value is -2.20. The molecule has 2 rings (SSSR count). The second-order valence-corrected chi connectivity index (χ2v) is 5.14. The SMILES string of the molecule is CCNCC1CCN(c2ccc([N+](=O)[O-])c(C#N)n2)CC1. The van der Waals surface area contributed by atoms with E-state index >= 15 is 0 Å². The van der Waals surface area contributed by atoms with Crippen LogP contribution in [0, 0.1) is 27.4 Å². The molecule has 1 aromatic rings. The lowest BCUT2D eigenvalue weighted by atomic mass is 9.97. The number of pyridine rings is 1. The molecule has 21 heavy (non-hydrogen) atoms. The zero-order chi connectivity index (χ0) is 15.2. The van der Waals surface area contributed by atoms with Crippen LogP contribution in [-0.2, 0) is 0 Å². The number of aromatic nitrogens is 1. The molecule has 0 aliphatic carbocycles. The highest BCUT2D eigenvalue weighted by Crippen LogP contribution is 2.24. The van der Waals surface area contributed by atoms with E-state index in [0.29, 0.717) is 11.7 Å². The fourth-order valence-electron chi connectivity index (χ4n) is 2.56. The maximum absolute atomic E-state index is 10.8. The highest BCUT2D eigenvalue weighted by Gasteiger charge is 2.22. The maximum atomic E-state index is 10.8. The molecule has 1 aromatic heterocycles. The smallest absolute Gasteiger partial charge is 0.305 e. The number of nitrogens with zero attached hydrogens (tertiary/aromatic N) is 4. The lowest BCUT2D eigenvalue weighted by Crippen LogP contribution is -2.37. The third-order valence-corrected chi connectivity index (χ3v) is 3.78. The number of anilines is 1. The van der Waals surface area contributed by atoms with Gasteiger partial charge in [0, 0.05) is 19.2 Å². The molecule has 1 aliphatic rings. The number of hydrogen-bond acceptors (Lipinski definition) is 6. The molecule has 0 atom stereocenters. The summed E-state index contributed by atoms with van der Waals surface area (Å²) in [7, 11) is 0. The Morgan fingerprint density at radius 3 is 2.81 bits per heavy atom. The van der Waals surface area contributed by atoms with Gasteiger partial charge in [0.2, 0.25) is 5.69 Å². The summed E-state index contributed by atoms with van der Waals surface area (Å²) in [5.74, 6) is 1.31. The Kier molecular flexibility index (Phi) is 5.06. The predicted molar refractivity (Wildman–Crippen MR) is 79.1 cm³/mol. The first-order valence-electron chi connectivity index (χ1n) is 7.17. The van der Waals surface area contributed by atoms with E-state index in [2.05, 4.69) is 22.1 Å². The molecule has 112 valence electrons. The van der Waals surface area contributed by atoms with Crippen LogP contribution in [0.25, 0.3) is 0 Å². The summed E-state index contributed by atoms with van der Waals surface area (Å²) >= 11 is 0. The molecular weight excluding hydrogens is 270 g/mol. The van der Waals surface area contributed by atoms with Crippen LogP contribution in [0.3, 0.4) is 0 Å². The average Bonchev–Trinajstić information content (AvgIpc) is 2.52. The van der Waals surface area contributed by atoms with Crippen molar-refractivity contribution >= 4 is 11.5 Å². The third-order valence-electron chi connectivity index (χ3n) is 3.78. The van der Waals surface area contributed by atoms with Gasteiger partial charge in [-0.25, -0.2) is 4.98 Å². The van der Waals surface area contributed by atoms with E-state index in [9.17, 15) is 10.1 Å². The molecular formula is C14H19N5O2. The highest BCUT2D eigenvalue weighted by molar-refractivity contribution is 5.51. The van der Waals surface area contributed by atoms with Crippen LogP contribution in [0.4, 0.5) is 11.5 Å². The number of hydrogen-bond donors (Lipinski definition) is 1. The predicted octanol–water partition coefficient (Wildman–Crippen LogP) is 1.69. The minimum Gasteiger partial charge on any atom is -0.357 e. The van der Waals surface area contributed by atoms with Crippen molar-refractivity contribution in [3.05, 3.63) is 27.9 Å². The molecule has 1 aliphatic heterocycles. The van der Waals surface area contributed by atoms with Crippen molar-refractivity contribution in [3.8, 4) is 6.07 Å². The van der Waals surface area contributed by atoms with E-state index in [4.69, 9.17) is 5.26 Å². The molecule has 0 spiro atoms. The van der Waals surface area contributed by atoms with Crippen molar-refractivity contribution < 1.29 is 4.92 Å². The lowest BCUT2D eigenvalue weighted by Gasteiger charge is -2.32. The number of nitrogens with one attached hydrogen (secondary N) is 1. The maximum Gasteiger partial charge on any atom is 0.305 e. The molecule has 0 radical (unpaired) electrons. The van der Waals surface area contributed by atoms with Gasteiger partial charge in [0.05, 0.1) is 4.92 Å². The first kappa shape index (κ1) is 15.2. The van der Waals surface area contributed by atoms with Crippen LogP contribution in [0.1, 0.15) is 25.5 Å². The first-order valence-corrected chi connectivity index (χ1v) is 7.17. The van der Waals surface area contributed by atoms with Crippen LogP contribution in [0.5, 0.6) is 0 Å². The molecule has 7 nitrogen and oxygen atoms in total. The van der Waals surface area contributed by atoms with Crippen LogP contribution < -0.4 is 10.2 Å². The topological polar surface area (TPSA) is 95.1 Å². The molecule has 2 heterocycles. The van der Waals surface area contributed by atoms with Crippen molar-refractivity contribution in [3.63, 3.8) is 0 Å². The van der Waals surface area contributed by atoms with Crippen molar-refractivity contribution in [1.29, 1.82) is 5.26 Å². The molecule has 1 saturated heterocycles. The summed E-state index contributed by atoms with van der Waals surface area (Å²) in [4.78, 5) is 16.5. The van der Waals surface area contributed by atoms with Crippen molar-refractivity contribution in [2.45, 2.75) is 19.8 Å². The van der Waals surface area contributed by atoms with Gasteiger partial charge < -0.3 is 10.2 Å². The molecule has 7 heteroatoms. The summed E-state index contributed by atoms with van der Waals surface area (Å²) in [5.41, 5.74) is -0.351. The molecule has 0 aromatic carbocycles. The van der Waals surface area contributed by atoms with Crippen LogP contribution in [0.15, 0.2) is 12.1 Å². The zero-order valence-electron chi connectivity index (χ0n) is 12.1. The second kappa shape index (κ2) is 6.99.